The summed E-state index contributed by atoms with van der Waals surface area (Å²) in [5, 5.41) is 0. The molecule has 5 heteroatoms. The summed E-state index contributed by atoms with van der Waals surface area (Å²) in [6.07, 6.45) is 0.528. The highest BCUT2D eigenvalue weighted by Gasteiger charge is 2.39. The van der Waals surface area contributed by atoms with Crippen molar-refractivity contribution in [2.45, 2.75) is 16.3 Å². The van der Waals surface area contributed by atoms with Gasteiger partial charge in [0.2, 0.25) is 0 Å². The second-order valence-corrected chi connectivity index (χ2v) is 8.59. The number of rotatable bonds is 3. The Labute approximate surface area is 139 Å². The predicted octanol–water partition coefficient (Wildman–Crippen LogP) is 4.21. The molecule has 0 aliphatic carbocycles. The Morgan fingerprint density at radius 1 is 1.14 bits per heavy atom. The second kappa shape index (κ2) is 5.81. The fourth-order valence-electron chi connectivity index (χ4n) is 2.09. The van der Waals surface area contributed by atoms with Crippen LogP contribution in [0.1, 0.15) is 11.1 Å². The lowest BCUT2D eigenvalue weighted by molar-refractivity contribution is -0.135. The number of hydrogen-bond acceptors (Lipinski definition) is 3. The van der Waals surface area contributed by atoms with Crippen molar-refractivity contribution < 1.29 is 14.3 Å². The first-order valence-corrected chi connectivity index (χ1v) is 8.03. The number of fused-ring (bicyclic) bond motifs is 1. The first-order chi connectivity index (χ1) is 10.0. The number of ether oxygens (including phenoxy) is 2. The molecule has 1 aliphatic rings. The summed E-state index contributed by atoms with van der Waals surface area (Å²) in [7, 11) is 0. The number of halogens is 2. The van der Waals surface area contributed by atoms with Crippen molar-refractivity contribution in [1.82, 2.24) is 0 Å². The van der Waals surface area contributed by atoms with E-state index in [1.807, 2.05) is 42.5 Å². The summed E-state index contributed by atoms with van der Waals surface area (Å²) in [5.41, 5.74) is 2.04. The Balaban J connectivity index is 1.75. The molecule has 0 bridgehead atoms. The van der Waals surface area contributed by atoms with Crippen molar-refractivity contribution in [2.75, 3.05) is 0 Å². The molecular formula is C16H12Br2O3. The zero-order valence-electron chi connectivity index (χ0n) is 11.0. The third-order valence-electron chi connectivity index (χ3n) is 3.20. The number of alkyl halides is 2. The van der Waals surface area contributed by atoms with E-state index >= 15 is 0 Å². The van der Waals surface area contributed by atoms with Crippen LogP contribution in [0.5, 0.6) is 11.5 Å². The van der Waals surface area contributed by atoms with E-state index < -0.39 is 3.23 Å². The van der Waals surface area contributed by atoms with Crippen LogP contribution >= 0.6 is 31.9 Å². The smallest absolute Gasteiger partial charge is 0.339 e. The molecule has 108 valence electrons. The molecule has 3 nitrogen and oxygen atoms in total. The van der Waals surface area contributed by atoms with E-state index in [4.69, 9.17) is 9.47 Å². The molecule has 1 heterocycles. The van der Waals surface area contributed by atoms with Crippen molar-refractivity contribution in [2.24, 2.45) is 0 Å². The van der Waals surface area contributed by atoms with Crippen molar-refractivity contribution in [3.8, 4) is 11.5 Å². The number of carbonyl (C=O) groups is 1. The fraction of sp³-hybridized carbons (Fsp3) is 0.188. The monoisotopic (exact) mass is 410 g/mol. The number of benzene rings is 2. The van der Waals surface area contributed by atoms with Crippen LogP contribution in [0.25, 0.3) is 0 Å². The molecule has 0 fully saturated rings. The maximum Gasteiger partial charge on any atom is 0.339 e. The van der Waals surface area contributed by atoms with Crippen LogP contribution in [0.15, 0.2) is 48.5 Å². The van der Waals surface area contributed by atoms with Crippen LogP contribution < -0.4 is 9.47 Å². The third kappa shape index (κ3) is 3.30. The molecular weight excluding hydrogens is 400 g/mol. The van der Waals surface area contributed by atoms with Crippen LogP contribution in [0.2, 0.25) is 0 Å². The highest BCUT2D eigenvalue weighted by molar-refractivity contribution is 9.25. The molecule has 0 radical (unpaired) electrons. The molecule has 0 amide bonds. The average molecular weight is 412 g/mol. The van der Waals surface area contributed by atoms with Gasteiger partial charge < -0.3 is 9.47 Å². The van der Waals surface area contributed by atoms with Crippen LogP contribution in [-0.2, 0) is 17.8 Å². The molecule has 1 aliphatic heterocycles. The largest absolute Gasteiger partial charge is 0.489 e. The maximum atomic E-state index is 11.8. The molecule has 0 saturated carbocycles. The summed E-state index contributed by atoms with van der Waals surface area (Å²) in [6, 6.07) is 15.5. The Morgan fingerprint density at radius 3 is 2.67 bits per heavy atom. The van der Waals surface area contributed by atoms with E-state index in [9.17, 15) is 4.79 Å². The number of hydrogen-bond donors (Lipinski definition) is 0. The lowest BCUT2D eigenvalue weighted by atomic mass is 10.1. The minimum absolute atomic E-state index is 0.352. The summed E-state index contributed by atoms with van der Waals surface area (Å²) >= 11 is 6.64. The first-order valence-electron chi connectivity index (χ1n) is 6.44. The number of esters is 1. The van der Waals surface area contributed by atoms with Crippen molar-refractivity contribution in [3.05, 3.63) is 59.7 Å². The van der Waals surface area contributed by atoms with Gasteiger partial charge in [0.05, 0.1) is 0 Å². The Morgan fingerprint density at radius 2 is 1.90 bits per heavy atom. The van der Waals surface area contributed by atoms with Gasteiger partial charge in [-0.2, -0.15) is 0 Å². The molecule has 0 unspecified atom stereocenters. The van der Waals surface area contributed by atoms with Crippen molar-refractivity contribution >= 4 is 37.8 Å². The van der Waals surface area contributed by atoms with Gasteiger partial charge in [-0.3, -0.25) is 0 Å². The molecule has 0 saturated heterocycles. The minimum Gasteiger partial charge on any atom is -0.489 e. The van der Waals surface area contributed by atoms with E-state index in [-0.39, 0.29) is 5.97 Å². The Hall–Kier alpha value is -1.33. The lowest BCUT2D eigenvalue weighted by Crippen LogP contribution is -2.36. The Bertz CT molecular complexity index is 668. The molecule has 2 aromatic carbocycles. The fourth-order valence-corrected chi connectivity index (χ4v) is 2.86. The van der Waals surface area contributed by atoms with Gasteiger partial charge in [0.25, 0.3) is 0 Å². The van der Waals surface area contributed by atoms with Gasteiger partial charge in [-0.05, 0) is 17.2 Å². The molecule has 0 aromatic heterocycles. The van der Waals surface area contributed by atoms with Gasteiger partial charge in [0, 0.05) is 12.5 Å². The summed E-state index contributed by atoms with van der Waals surface area (Å²) < 4.78 is 10.2. The summed E-state index contributed by atoms with van der Waals surface area (Å²) in [4.78, 5) is 11.8. The van der Waals surface area contributed by atoms with Gasteiger partial charge in [-0.25, -0.2) is 4.79 Å². The quantitative estimate of drug-likeness (QED) is 0.431. The van der Waals surface area contributed by atoms with Crippen LogP contribution in [-0.4, -0.2) is 9.20 Å². The average Bonchev–Trinajstić information content (AvgIpc) is 2.47. The highest BCUT2D eigenvalue weighted by Crippen LogP contribution is 2.40. The summed E-state index contributed by atoms with van der Waals surface area (Å²) in [6.45, 7) is 0.481. The van der Waals surface area contributed by atoms with Crippen molar-refractivity contribution in [3.63, 3.8) is 0 Å². The van der Waals surface area contributed by atoms with E-state index in [0.717, 1.165) is 11.1 Å². The normalized spacial score (nSPS) is 16.0. The molecule has 3 rings (SSSR count). The first kappa shape index (κ1) is 14.6. The van der Waals surface area contributed by atoms with E-state index in [2.05, 4.69) is 31.9 Å². The van der Waals surface area contributed by atoms with Gasteiger partial charge in [0.15, 0.2) is 3.23 Å². The lowest BCUT2D eigenvalue weighted by Gasteiger charge is -2.26. The third-order valence-corrected chi connectivity index (χ3v) is 4.41. The summed E-state index contributed by atoms with van der Waals surface area (Å²) in [5.74, 6) is 0.886. The molecule has 0 spiro atoms. The van der Waals surface area contributed by atoms with Gasteiger partial charge in [-0.15, -0.1) is 0 Å². The van der Waals surface area contributed by atoms with Gasteiger partial charge >= 0.3 is 5.97 Å². The zero-order valence-corrected chi connectivity index (χ0v) is 14.2. The molecule has 21 heavy (non-hydrogen) atoms. The topological polar surface area (TPSA) is 35.5 Å². The van der Waals surface area contributed by atoms with Gasteiger partial charge in [-0.1, -0.05) is 68.3 Å². The van der Waals surface area contributed by atoms with Crippen molar-refractivity contribution in [1.29, 1.82) is 0 Å². The second-order valence-electron chi connectivity index (χ2n) is 4.81. The predicted molar refractivity (Wildman–Crippen MR) is 87.1 cm³/mol. The van der Waals surface area contributed by atoms with E-state index in [0.29, 0.717) is 24.5 Å². The van der Waals surface area contributed by atoms with Gasteiger partial charge in [0.1, 0.15) is 18.1 Å². The number of carbonyl (C=O) groups excluding carboxylic acids is 1. The minimum atomic E-state index is -0.834. The SMILES string of the molecule is O=C1Oc2cc(OCc3ccccc3)ccc2CC1(Br)Br. The molecule has 0 N–H and O–H groups in total. The van der Waals surface area contributed by atoms with Crippen LogP contribution in [0.4, 0.5) is 0 Å². The highest BCUT2D eigenvalue weighted by atomic mass is 79.9. The maximum absolute atomic E-state index is 11.8. The standard InChI is InChI=1S/C16H12Br2O3/c17-16(18)9-12-6-7-13(8-14(12)21-15(16)19)20-10-11-4-2-1-3-5-11/h1-8H,9-10H2. The van der Waals surface area contributed by atoms with Crippen LogP contribution in [0, 0.1) is 0 Å². The van der Waals surface area contributed by atoms with E-state index in [1.54, 1.807) is 6.07 Å². The van der Waals surface area contributed by atoms with Crippen LogP contribution in [0.3, 0.4) is 0 Å². The molecule has 0 atom stereocenters. The van der Waals surface area contributed by atoms with E-state index in [1.165, 1.54) is 0 Å². The molecule has 2 aromatic rings. The zero-order chi connectivity index (χ0) is 14.9. The Kier molecular flexibility index (Phi) is 4.04.